The first kappa shape index (κ1) is 13.9. The Labute approximate surface area is 103 Å². The zero-order chi connectivity index (χ0) is 12.7. The van der Waals surface area contributed by atoms with E-state index in [0.717, 1.165) is 18.4 Å². The highest BCUT2D eigenvalue weighted by molar-refractivity contribution is 5.38. The van der Waals surface area contributed by atoms with Crippen LogP contribution in [0.1, 0.15) is 32.3 Å². The van der Waals surface area contributed by atoms with Crippen LogP contribution in [0.3, 0.4) is 0 Å². The molecule has 0 aliphatic rings. The maximum Gasteiger partial charge on any atom is 0.126 e. The van der Waals surface area contributed by atoms with Gasteiger partial charge in [0.2, 0.25) is 0 Å². The second kappa shape index (κ2) is 7.25. The Balaban J connectivity index is 2.62. The van der Waals surface area contributed by atoms with Crippen LogP contribution in [0.25, 0.3) is 0 Å². The molecule has 1 rings (SSSR count). The van der Waals surface area contributed by atoms with Crippen molar-refractivity contribution in [3.05, 3.63) is 23.9 Å². The van der Waals surface area contributed by atoms with Crippen molar-refractivity contribution in [3.8, 4) is 0 Å². The van der Waals surface area contributed by atoms with E-state index in [1.807, 2.05) is 19.1 Å². The van der Waals surface area contributed by atoms with Crippen LogP contribution < -0.4 is 5.73 Å². The molecule has 2 unspecified atom stereocenters. The first-order valence-corrected chi connectivity index (χ1v) is 6.18. The van der Waals surface area contributed by atoms with Gasteiger partial charge in [0.15, 0.2) is 0 Å². The monoisotopic (exact) mass is 238 g/mol. The van der Waals surface area contributed by atoms with Gasteiger partial charge in [-0.2, -0.15) is 0 Å². The van der Waals surface area contributed by atoms with Gasteiger partial charge in [0, 0.05) is 19.2 Å². The molecule has 0 saturated carbocycles. The fourth-order valence-electron chi connectivity index (χ4n) is 1.87. The molecule has 96 valence electrons. The quantitative estimate of drug-likeness (QED) is 0.759. The van der Waals surface area contributed by atoms with E-state index in [-0.39, 0.29) is 6.10 Å². The Morgan fingerprint density at radius 2 is 2.24 bits per heavy atom. The van der Waals surface area contributed by atoms with Gasteiger partial charge in [0.1, 0.15) is 5.82 Å². The van der Waals surface area contributed by atoms with E-state index in [4.69, 9.17) is 10.5 Å². The smallest absolute Gasteiger partial charge is 0.126 e. The van der Waals surface area contributed by atoms with Crippen molar-refractivity contribution in [1.29, 1.82) is 0 Å². The Morgan fingerprint density at radius 3 is 2.82 bits per heavy atom. The predicted molar refractivity (Wildman–Crippen MR) is 68.7 cm³/mol. The van der Waals surface area contributed by atoms with Crippen LogP contribution in [0, 0.1) is 0 Å². The normalized spacial score (nSPS) is 14.5. The molecule has 2 atom stereocenters. The van der Waals surface area contributed by atoms with Crippen molar-refractivity contribution < 1.29 is 9.84 Å². The minimum atomic E-state index is -0.526. The van der Waals surface area contributed by atoms with E-state index in [9.17, 15) is 5.11 Å². The fraction of sp³-hybridized carbons (Fsp3) is 0.615. The highest BCUT2D eigenvalue weighted by Crippen LogP contribution is 2.15. The summed E-state index contributed by atoms with van der Waals surface area (Å²) >= 11 is 0. The number of nitrogens with zero attached hydrogens (tertiary/aromatic N) is 1. The average Bonchev–Trinajstić information content (AvgIpc) is 2.32. The summed E-state index contributed by atoms with van der Waals surface area (Å²) in [7, 11) is 0. The maximum absolute atomic E-state index is 10.1. The van der Waals surface area contributed by atoms with Crippen LogP contribution in [-0.4, -0.2) is 28.9 Å². The number of ether oxygens (including phenoxy) is 1. The number of aromatic nitrogens is 1. The van der Waals surface area contributed by atoms with Crippen LogP contribution in [0.15, 0.2) is 18.3 Å². The Bertz CT molecular complexity index is 325. The van der Waals surface area contributed by atoms with Crippen LogP contribution in [0.4, 0.5) is 5.82 Å². The molecular weight excluding hydrogens is 216 g/mol. The van der Waals surface area contributed by atoms with E-state index < -0.39 is 6.10 Å². The molecule has 0 fully saturated rings. The molecule has 0 spiro atoms. The van der Waals surface area contributed by atoms with Gasteiger partial charge in [-0.3, -0.25) is 0 Å². The second-order valence-corrected chi connectivity index (χ2v) is 4.10. The molecular formula is C13H22N2O2. The van der Waals surface area contributed by atoms with Crippen LogP contribution in [-0.2, 0) is 11.2 Å². The molecule has 17 heavy (non-hydrogen) atoms. The number of anilines is 1. The third-order valence-electron chi connectivity index (χ3n) is 2.74. The third-order valence-corrected chi connectivity index (χ3v) is 2.74. The van der Waals surface area contributed by atoms with Gasteiger partial charge in [-0.15, -0.1) is 0 Å². The highest BCUT2D eigenvalue weighted by atomic mass is 16.5. The number of aliphatic hydroxyl groups is 1. The molecule has 0 radical (unpaired) electrons. The Kier molecular flexibility index (Phi) is 5.94. The summed E-state index contributed by atoms with van der Waals surface area (Å²) < 4.78 is 5.55. The lowest BCUT2D eigenvalue weighted by atomic mass is 10.0. The van der Waals surface area contributed by atoms with Crippen LogP contribution in [0.5, 0.6) is 0 Å². The van der Waals surface area contributed by atoms with Crippen molar-refractivity contribution in [1.82, 2.24) is 4.98 Å². The van der Waals surface area contributed by atoms with Crippen molar-refractivity contribution in [3.63, 3.8) is 0 Å². The number of hydrogen-bond acceptors (Lipinski definition) is 4. The van der Waals surface area contributed by atoms with E-state index >= 15 is 0 Å². The van der Waals surface area contributed by atoms with E-state index in [0.29, 0.717) is 18.8 Å². The number of nitrogen functional groups attached to an aromatic ring is 1. The predicted octanol–water partition coefficient (Wildman–Crippen LogP) is 1.77. The van der Waals surface area contributed by atoms with Gasteiger partial charge in [-0.1, -0.05) is 19.4 Å². The SMILES string of the molecule is CCCC(OCC)C(O)Cc1cccnc1N. The van der Waals surface area contributed by atoms with Gasteiger partial charge < -0.3 is 15.6 Å². The van der Waals surface area contributed by atoms with Gasteiger partial charge in [0.25, 0.3) is 0 Å². The summed E-state index contributed by atoms with van der Waals surface area (Å²) in [5.74, 6) is 0.485. The lowest BCUT2D eigenvalue weighted by molar-refractivity contribution is -0.0363. The summed E-state index contributed by atoms with van der Waals surface area (Å²) in [5, 5.41) is 10.1. The third kappa shape index (κ3) is 4.32. The Morgan fingerprint density at radius 1 is 1.47 bits per heavy atom. The lowest BCUT2D eigenvalue weighted by Gasteiger charge is -2.22. The molecule has 1 aromatic rings. The van der Waals surface area contributed by atoms with Crippen LogP contribution in [0.2, 0.25) is 0 Å². The zero-order valence-electron chi connectivity index (χ0n) is 10.6. The number of hydrogen-bond donors (Lipinski definition) is 2. The molecule has 0 aliphatic heterocycles. The van der Waals surface area contributed by atoms with Crippen molar-refractivity contribution in [2.24, 2.45) is 0 Å². The molecule has 0 amide bonds. The van der Waals surface area contributed by atoms with E-state index in [1.54, 1.807) is 6.20 Å². The number of pyridine rings is 1. The lowest BCUT2D eigenvalue weighted by Crippen LogP contribution is -2.31. The summed E-state index contributed by atoms with van der Waals surface area (Å²) in [6.07, 6.45) is 3.34. The first-order valence-electron chi connectivity index (χ1n) is 6.18. The van der Waals surface area contributed by atoms with E-state index in [2.05, 4.69) is 11.9 Å². The molecule has 1 aromatic heterocycles. The van der Waals surface area contributed by atoms with Gasteiger partial charge in [-0.25, -0.2) is 4.98 Å². The summed E-state index contributed by atoms with van der Waals surface area (Å²) in [4.78, 5) is 4.01. The van der Waals surface area contributed by atoms with E-state index in [1.165, 1.54) is 0 Å². The average molecular weight is 238 g/mol. The number of rotatable bonds is 7. The second-order valence-electron chi connectivity index (χ2n) is 4.10. The highest BCUT2D eigenvalue weighted by Gasteiger charge is 2.19. The molecule has 0 aliphatic carbocycles. The van der Waals surface area contributed by atoms with Gasteiger partial charge >= 0.3 is 0 Å². The van der Waals surface area contributed by atoms with Gasteiger partial charge in [0.05, 0.1) is 12.2 Å². The first-order chi connectivity index (χ1) is 8.19. The molecule has 4 nitrogen and oxygen atoms in total. The maximum atomic E-state index is 10.1. The zero-order valence-corrected chi connectivity index (χ0v) is 10.6. The standard InChI is InChI=1S/C13H22N2O2/c1-3-6-12(17-4-2)11(16)9-10-7-5-8-15-13(10)14/h5,7-8,11-12,16H,3-4,6,9H2,1-2H3,(H2,14,15). The van der Waals surface area contributed by atoms with Crippen molar-refractivity contribution >= 4 is 5.82 Å². The molecule has 4 heteroatoms. The van der Waals surface area contributed by atoms with Gasteiger partial charge in [-0.05, 0) is 25.0 Å². The topological polar surface area (TPSA) is 68.4 Å². The fourth-order valence-corrected chi connectivity index (χ4v) is 1.87. The minimum Gasteiger partial charge on any atom is -0.390 e. The molecule has 1 heterocycles. The summed E-state index contributed by atoms with van der Waals surface area (Å²) in [6, 6.07) is 3.72. The summed E-state index contributed by atoms with van der Waals surface area (Å²) in [6.45, 7) is 4.63. The number of nitrogens with two attached hydrogens (primary N) is 1. The van der Waals surface area contributed by atoms with Crippen molar-refractivity contribution in [2.45, 2.75) is 45.3 Å². The summed E-state index contributed by atoms with van der Waals surface area (Å²) in [5.41, 5.74) is 6.63. The minimum absolute atomic E-state index is 0.121. The molecule has 3 N–H and O–H groups in total. The number of aliphatic hydroxyl groups excluding tert-OH is 1. The molecule has 0 bridgehead atoms. The largest absolute Gasteiger partial charge is 0.390 e. The Hall–Kier alpha value is -1.13. The molecule has 0 aromatic carbocycles. The molecule has 0 saturated heterocycles. The van der Waals surface area contributed by atoms with Crippen LogP contribution >= 0.6 is 0 Å². The van der Waals surface area contributed by atoms with Crippen molar-refractivity contribution in [2.75, 3.05) is 12.3 Å².